The quantitative estimate of drug-likeness (QED) is 0.360. The lowest BCUT2D eigenvalue weighted by atomic mass is 10.1. The van der Waals surface area contributed by atoms with Crippen molar-refractivity contribution in [2.24, 2.45) is 0 Å². The van der Waals surface area contributed by atoms with Crippen molar-refractivity contribution >= 4 is 29.3 Å². The van der Waals surface area contributed by atoms with Crippen LogP contribution in [0.2, 0.25) is 5.02 Å². The zero-order valence-electron chi connectivity index (χ0n) is 9.27. The van der Waals surface area contributed by atoms with Gasteiger partial charge in [-0.05, 0) is 19.1 Å². The molecule has 0 fully saturated rings. The predicted molar refractivity (Wildman–Crippen MR) is 63.8 cm³/mol. The van der Waals surface area contributed by atoms with Gasteiger partial charge in [0.15, 0.2) is 0 Å². The molecule has 1 aromatic rings. The molecule has 0 heterocycles. The van der Waals surface area contributed by atoms with Gasteiger partial charge in [0.05, 0.1) is 12.0 Å². The molecule has 0 unspecified atom stereocenters. The summed E-state index contributed by atoms with van der Waals surface area (Å²) in [6, 6.07) is 4.01. The van der Waals surface area contributed by atoms with Crippen LogP contribution in [-0.4, -0.2) is 18.0 Å². The summed E-state index contributed by atoms with van der Waals surface area (Å²) in [7, 11) is 1.26. The highest BCUT2D eigenvalue weighted by Crippen LogP contribution is 2.24. The largest absolute Gasteiger partial charge is 0.466 e. The first-order valence-corrected chi connectivity index (χ1v) is 5.04. The lowest BCUT2D eigenvalue weighted by Crippen LogP contribution is -2.01. The number of nitro groups is 1. The van der Waals surface area contributed by atoms with Gasteiger partial charge in [-0.1, -0.05) is 11.6 Å². The predicted octanol–water partition coefficient (Wildman–Crippen LogP) is 2.82. The number of non-ortho nitro benzene ring substituents is 1. The topological polar surface area (TPSA) is 69.4 Å². The zero-order valence-corrected chi connectivity index (χ0v) is 10.0. The van der Waals surface area contributed by atoms with Gasteiger partial charge < -0.3 is 4.74 Å². The van der Waals surface area contributed by atoms with E-state index in [0.717, 1.165) is 0 Å². The monoisotopic (exact) mass is 255 g/mol. The molecule has 5 nitrogen and oxygen atoms in total. The summed E-state index contributed by atoms with van der Waals surface area (Å²) in [5.41, 5.74) is 0.636. The molecule has 0 saturated heterocycles. The van der Waals surface area contributed by atoms with E-state index in [-0.39, 0.29) is 5.69 Å². The number of ether oxygens (including phenoxy) is 1. The zero-order chi connectivity index (χ0) is 13.0. The van der Waals surface area contributed by atoms with Crippen molar-refractivity contribution in [3.8, 4) is 0 Å². The Bertz CT molecular complexity index is 496. The Labute approximate surface area is 103 Å². The van der Waals surface area contributed by atoms with Crippen molar-refractivity contribution in [1.29, 1.82) is 0 Å². The van der Waals surface area contributed by atoms with Gasteiger partial charge in [0.25, 0.3) is 5.69 Å². The van der Waals surface area contributed by atoms with Crippen molar-refractivity contribution in [2.45, 2.75) is 6.92 Å². The number of rotatable bonds is 3. The van der Waals surface area contributed by atoms with Gasteiger partial charge in [0.2, 0.25) is 0 Å². The van der Waals surface area contributed by atoms with E-state index in [9.17, 15) is 14.9 Å². The van der Waals surface area contributed by atoms with E-state index >= 15 is 0 Å². The fourth-order valence-corrected chi connectivity index (χ4v) is 1.38. The van der Waals surface area contributed by atoms with Crippen LogP contribution in [0.4, 0.5) is 5.69 Å². The molecule has 0 bridgehead atoms. The van der Waals surface area contributed by atoms with E-state index in [0.29, 0.717) is 16.2 Å². The van der Waals surface area contributed by atoms with Crippen LogP contribution in [0.1, 0.15) is 12.5 Å². The molecule has 90 valence electrons. The third-order valence-corrected chi connectivity index (χ3v) is 2.41. The Kier molecular flexibility index (Phi) is 4.23. The minimum atomic E-state index is -0.527. The van der Waals surface area contributed by atoms with Crippen molar-refractivity contribution in [1.82, 2.24) is 0 Å². The Hall–Kier alpha value is -1.88. The molecule has 0 aromatic heterocycles. The Morgan fingerprint density at radius 1 is 1.53 bits per heavy atom. The van der Waals surface area contributed by atoms with E-state index in [1.165, 1.54) is 31.4 Å². The number of hydrogen-bond donors (Lipinski definition) is 0. The fraction of sp³-hybridized carbons (Fsp3) is 0.182. The summed E-state index contributed by atoms with van der Waals surface area (Å²) in [6.45, 7) is 1.54. The average Bonchev–Trinajstić information content (AvgIpc) is 2.30. The molecule has 1 aromatic carbocycles. The van der Waals surface area contributed by atoms with Crippen LogP contribution in [0, 0.1) is 10.1 Å². The number of methoxy groups -OCH3 is 1. The molecule has 0 aliphatic heterocycles. The number of hydrogen-bond acceptors (Lipinski definition) is 4. The van der Waals surface area contributed by atoms with Crippen molar-refractivity contribution < 1.29 is 14.5 Å². The molecule has 17 heavy (non-hydrogen) atoms. The highest BCUT2D eigenvalue weighted by Gasteiger charge is 2.10. The molecule has 0 aliphatic rings. The van der Waals surface area contributed by atoms with Crippen molar-refractivity contribution in [3.63, 3.8) is 0 Å². The highest BCUT2D eigenvalue weighted by atomic mass is 35.5. The van der Waals surface area contributed by atoms with Crippen molar-refractivity contribution in [2.75, 3.05) is 7.11 Å². The SMILES string of the molecule is COC(=O)/C(C)=C/c1cc([N+](=O)[O-])ccc1Cl. The Morgan fingerprint density at radius 3 is 2.71 bits per heavy atom. The van der Waals surface area contributed by atoms with Crippen LogP contribution in [0.3, 0.4) is 0 Å². The van der Waals surface area contributed by atoms with Gasteiger partial charge in [0.1, 0.15) is 0 Å². The molecule has 0 atom stereocenters. The Morgan fingerprint density at radius 2 is 2.18 bits per heavy atom. The lowest BCUT2D eigenvalue weighted by Gasteiger charge is -2.01. The van der Waals surface area contributed by atoms with Crippen LogP contribution in [0.25, 0.3) is 6.08 Å². The summed E-state index contributed by atoms with van der Waals surface area (Å²) < 4.78 is 4.52. The number of benzene rings is 1. The van der Waals surface area contributed by atoms with Gasteiger partial charge in [-0.25, -0.2) is 4.79 Å². The molecule has 0 N–H and O–H groups in total. The minimum absolute atomic E-state index is 0.0849. The second-order valence-electron chi connectivity index (χ2n) is 3.28. The van der Waals surface area contributed by atoms with E-state index in [1.807, 2.05) is 0 Å². The van der Waals surface area contributed by atoms with Crippen LogP contribution in [-0.2, 0) is 9.53 Å². The molecule has 0 saturated carbocycles. The molecule has 1 rings (SSSR count). The number of halogens is 1. The molecule has 0 aliphatic carbocycles. The van der Waals surface area contributed by atoms with E-state index in [4.69, 9.17) is 11.6 Å². The first-order valence-electron chi connectivity index (χ1n) is 4.66. The third-order valence-electron chi connectivity index (χ3n) is 2.07. The van der Waals surface area contributed by atoms with Gasteiger partial charge in [-0.15, -0.1) is 0 Å². The summed E-state index contributed by atoms with van der Waals surface area (Å²) in [5.74, 6) is -0.507. The lowest BCUT2D eigenvalue weighted by molar-refractivity contribution is -0.384. The van der Waals surface area contributed by atoms with Crippen LogP contribution >= 0.6 is 11.6 Å². The summed E-state index contributed by atoms with van der Waals surface area (Å²) in [5, 5.41) is 10.9. The first-order chi connectivity index (χ1) is 7.95. The minimum Gasteiger partial charge on any atom is -0.466 e. The van der Waals surface area contributed by atoms with E-state index in [2.05, 4.69) is 4.74 Å². The van der Waals surface area contributed by atoms with Gasteiger partial charge in [-0.3, -0.25) is 10.1 Å². The van der Waals surface area contributed by atoms with Crippen LogP contribution in [0.5, 0.6) is 0 Å². The molecular formula is C11H10ClNO4. The number of nitro benzene ring substituents is 1. The van der Waals surface area contributed by atoms with Crippen LogP contribution in [0.15, 0.2) is 23.8 Å². The molecule has 0 amide bonds. The maximum atomic E-state index is 11.2. The fourth-order valence-electron chi connectivity index (χ4n) is 1.21. The van der Waals surface area contributed by atoms with E-state index < -0.39 is 10.9 Å². The first kappa shape index (κ1) is 13.2. The number of carbonyl (C=O) groups is 1. The third kappa shape index (κ3) is 3.29. The Balaban J connectivity index is 3.17. The second-order valence-corrected chi connectivity index (χ2v) is 3.69. The van der Waals surface area contributed by atoms with Gasteiger partial charge in [-0.2, -0.15) is 0 Å². The van der Waals surface area contributed by atoms with Crippen LogP contribution < -0.4 is 0 Å². The molecule has 0 spiro atoms. The summed E-state index contributed by atoms with van der Waals surface area (Å²) in [4.78, 5) is 21.2. The summed E-state index contributed by atoms with van der Waals surface area (Å²) in [6.07, 6.45) is 1.45. The molecule has 0 radical (unpaired) electrons. The highest BCUT2D eigenvalue weighted by molar-refractivity contribution is 6.32. The summed E-state index contributed by atoms with van der Waals surface area (Å²) >= 11 is 5.87. The van der Waals surface area contributed by atoms with E-state index in [1.54, 1.807) is 6.92 Å². The smallest absolute Gasteiger partial charge is 0.333 e. The number of carbonyl (C=O) groups excluding carboxylic acids is 1. The standard InChI is InChI=1S/C11H10ClNO4/c1-7(11(14)17-2)5-8-6-9(13(15)16)3-4-10(8)12/h3-6H,1-2H3/b7-5+. The van der Waals surface area contributed by atoms with Crippen molar-refractivity contribution in [3.05, 3.63) is 44.5 Å². The molecular weight excluding hydrogens is 246 g/mol. The average molecular weight is 256 g/mol. The second kappa shape index (κ2) is 5.45. The maximum absolute atomic E-state index is 11.2. The van der Waals surface area contributed by atoms with Gasteiger partial charge in [0, 0.05) is 28.3 Å². The normalized spacial score (nSPS) is 11.1. The van der Waals surface area contributed by atoms with Gasteiger partial charge >= 0.3 is 5.97 Å². The number of nitrogens with zero attached hydrogens (tertiary/aromatic N) is 1. The maximum Gasteiger partial charge on any atom is 0.333 e. The number of esters is 1. The molecule has 6 heteroatoms.